The molecule has 1 saturated carbocycles. The van der Waals surface area contributed by atoms with Crippen LogP contribution in [0.25, 0.3) is 0 Å². The van der Waals surface area contributed by atoms with Crippen molar-refractivity contribution in [3.8, 4) is 5.75 Å². The van der Waals surface area contributed by atoms with Crippen LogP contribution in [0, 0.1) is 5.82 Å². The third-order valence-corrected chi connectivity index (χ3v) is 3.83. The molecule has 1 aromatic rings. The van der Waals surface area contributed by atoms with Crippen LogP contribution in [-0.4, -0.2) is 12.4 Å². The molecule has 1 fully saturated rings. The van der Waals surface area contributed by atoms with E-state index in [4.69, 9.17) is 9.47 Å². The summed E-state index contributed by atoms with van der Waals surface area (Å²) >= 11 is 0. The maximum absolute atomic E-state index is 13.2. The lowest BCUT2D eigenvalue weighted by Crippen LogP contribution is -2.31. The third-order valence-electron chi connectivity index (χ3n) is 3.83. The van der Waals surface area contributed by atoms with Gasteiger partial charge >= 0.3 is 0 Å². The van der Waals surface area contributed by atoms with E-state index in [0.29, 0.717) is 11.9 Å². The summed E-state index contributed by atoms with van der Waals surface area (Å²) < 4.78 is 24.9. The van der Waals surface area contributed by atoms with Crippen molar-refractivity contribution in [3.63, 3.8) is 0 Å². The van der Waals surface area contributed by atoms with Gasteiger partial charge in [0.1, 0.15) is 11.6 Å². The molecular formula is C15H19FO2. The van der Waals surface area contributed by atoms with Crippen molar-refractivity contribution in [2.24, 2.45) is 0 Å². The Balaban J connectivity index is 1.63. The van der Waals surface area contributed by atoms with Gasteiger partial charge in [-0.1, -0.05) is 25.3 Å². The van der Waals surface area contributed by atoms with E-state index in [1.165, 1.54) is 31.4 Å². The molecule has 0 spiro atoms. The summed E-state index contributed by atoms with van der Waals surface area (Å²) in [5.74, 6) is 0.411. The Bertz CT molecular complexity index is 413. The summed E-state index contributed by atoms with van der Waals surface area (Å²) in [4.78, 5) is 0. The summed E-state index contributed by atoms with van der Waals surface area (Å²) in [6, 6.07) is 4.76. The molecule has 1 atom stereocenters. The SMILES string of the molecule is Fc1ccc2c(c1)OC(OC1CCCCC1)CC2. The molecular weight excluding hydrogens is 231 g/mol. The van der Waals surface area contributed by atoms with Gasteiger partial charge in [-0.2, -0.15) is 0 Å². The molecule has 0 bridgehead atoms. The molecule has 0 saturated heterocycles. The minimum absolute atomic E-state index is 0.192. The lowest BCUT2D eigenvalue weighted by molar-refractivity contribution is -0.136. The maximum atomic E-state index is 13.2. The molecule has 98 valence electrons. The van der Waals surface area contributed by atoms with Crippen molar-refractivity contribution < 1.29 is 13.9 Å². The zero-order valence-electron chi connectivity index (χ0n) is 10.5. The Kier molecular flexibility index (Phi) is 3.50. The van der Waals surface area contributed by atoms with Crippen LogP contribution in [0.4, 0.5) is 4.39 Å². The summed E-state index contributed by atoms with van der Waals surface area (Å²) in [6.07, 6.45) is 8.01. The molecule has 0 amide bonds. The lowest BCUT2D eigenvalue weighted by atomic mass is 9.97. The van der Waals surface area contributed by atoms with Gasteiger partial charge in [-0.3, -0.25) is 0 Å². The Labute approximate surface area is 107 Å². The number of halogens is 1. The fraction of sp³-hybridized carbons (Fsp3) is 0.600. The second-order valence-corrected chi connectivity index (χ2v) is 5.23. The van der Waals surface area contributed by atoms with E-state index < -0.39 is 0 Å². The molecule has 1 aromatic carbocycles. The van der Waals surface area contributed by atoms with Crippen molar-refractivity contribution in [2.45, 2.75) is 57.3 Å². The minimum Gasteiger partial charge on any atom is -0.465 e. The summed E-state index contributed by atoms with van der Waals surface area (Å²) in [5.41, 5.74) is 1.08. The number of fused-ring (bicyclic) bond motifs is 1. The molecule has 3 heteroatoms. The highest BCUT2D eigenvalue weighted by Crippen LogP contribution is 2.30. The number of hydrogen-bond acceptors (Lipinski definition) is 2. The Morgan fingerprint density at radius 2 is 1.94 bits per heavy atom. The van der Waals surface area contributed by atoms with Crippen LogP contribution in [0.2, 0.25) is 0 Å². The fourth-order valence-corrected chi connectivity index (χ4v) is 2.83. The van der Waals surface area contributed by atoms with Gasteiger partial charge in [0.15, 0.2) is 6.29 Å². The number of rotatable bonds is 2. The number of aryl methyl sites for hydroxylation is 1. The summed E-state index contributed by atoms with van der Waals surface area (Å²) in [7, 11) is 0. The van der Waals surface area contributed by atoms with Crippen molar-refractivity contribution in [1.29, 1.82) is 0 Å². The predicted molar refractivity (Wildman–Crippen MR) is 67.1 cm³/mol. The average molecular weight is 250 g/mol. The average Bonchev–Trinajstić information content (AvgIpc) is 2.39. The summed E-state index contributed by atoms with van der Waals surface area (Å²) in [6.45, 7) is 0. The zero-order chi connectivity index (χ0) is 12.4. The standard InChI is InChI=1S/C15H19FO2/c16-12-8-6-11-7-9-15(18-14(11)10-12)17-13-4-2-1-3-5-13/h6,8,10,13,15H,1-5,7,9H2. The molecule has 1 aliphatic carbocycles. The molecule has 1 unspecified atom stereocenters. The van der Waals surface area contributed by atoms with Crippen LogP contribution in [0.15, 0.2) is 18.2 Å². The first kappa shape index (κ1) is 12.0. The zero-order valence-corrected chi connectivity index (χ0v) is 10.5. The molecule has 3 rings (SSSR count). The van der Waals surface area contributed by atoms with E-state index in [1.807, 2.05) is 6.07 Å². The van der Waals surface area contributed by atoms with Gasteiger partial charge in [-0.25, -0.2) is 4.39 Å². The van der Waals surface area contributed by atoms with E-state index in [-0.39, 0.29) is 12.1 Å². The van der Waals surface area contributed by atoms with E-state index in [0.717, 1.165) is 31.2 Å². The molecule has 0 N–H and O–H groups in total. The lowest BCUT2D eigenvalue weighted by Gasteiger charge is -2.31. The third kappa shape index (κ3) is 2.66. The van der Waals surface area contributed by atoms with E-state index in [2.05, 4.69) is 0 Å². The van der Waals surface area contributed by atoms with Crippen LogP contribution in [0.1, 0.15) is 44.1 Å². The van der Waals surface area contributed by atoms with Gasteiger partial charge in [-0.15, -0.1) is 0 Å². The Morgan fingerprint density at radius 3 is 2.78 bits per heavy atom. The van der Waals surface area contributed by atoms with Gasteiger partial charge in [0.2, 0.25) is 0 Å². The molecule has 2 aliphatic rings. The molecule has 2 nitrogen and oxygen atoms in total. The topological polar surface area (TPSA) is 18.5 Å². The van der Waals surface area contributed by atoms with Gasteiger partial charge < -0.3 is 9.47 Å². The number of benzene rings is 1. The van der Waals surface area contributed by atoms with Crippen LogP contribution >= 0.6 is 0 Å². The molecule has 18 heavy (non-hydrogen) atoms. The van der Waals surface area contributed by atoms with Gasteiger partial charge in [0.25, 0.3) is 0 Å². The van der Waals surface area contributed by atoms with Crippen LogP contribution in [0.5, 0.6) is 5.75 Å². The second-order valence-electron chi connectivity index (χ2n) is 5.23. The first-order valence-corrected chi connectivity index (χ1v) is 6.92. The molecule has 0 radical (unpaired) electrons. The molecule has 1 aliphatic heterocycles. The van der Waals surface area contributed by atoms with E-state index in [9.17, 15) is 4.39 Å². The van der Waals surface area contributed by atoms with Crippen LogP contribution in [0.3, 0.4) is 0 Å². The normalized spacial score (nSPS) is 24.4. The first-order valence-electron chi connectivity index (χ1n) is 6.92. The van der Waals surface area contributed by atoms with Crippen molar-refractivity contribution >= 4 is 0 Å². The van der Waals surface area contributed by atoms with Gasteiger partial charge in [0, 0.05) is 12.5 Å². The molecule has 0 aromatic heterocycles. The van der Waals surface area contributed by atoms with Crippen molar-refractivity contribution in [1.82, 2.24) is 0 Å². The monoisotopic (exact) mass is 250 g/mol. The van der Waals surface area contributed by atoms with Crippen LogP contribution in [-0.2, 0) is 11.2 Å². The highest BCUT2D eigenvalue weighted by Gasteiger charge is 2.24. The highest BCUT2D eigenvalue weighted by atomic mass is 19.1. The minimum atomic E-state index is -0.243. The summed E-state index contributed by atoms with van der Waals surface area (Å²) in [5, 5.41) is 0. The molecule has 1 heterocycles. The highest BCUT2D eigenvalue weighted by molar-refractivity contribution is 5.35. The van der Waals surface area contributed by atoms with E-state index in [1.54, 1.807) is 0 Å². The first-order chi connectivity index (χ1) is 8.81. The second kappa shape index (κ2) is 5.27. The smallest absolute Gasteiger partial charge is 0.200 e. The quantitative estimate of drug-likeness (QED) is 0.794. The number of hydrogen-bond donors (Lipinski definition) is 0. The fourth-order valence-electron chi connectivity index (χ4n) is 2.83. The predicted octanol–water partition coefficient (Wildman–Crippen LogP) is 3.83. The van der Waals surface area contributed by atoms with Crippen molar-refractivity contribution in [3.05, 3.63) is 29.6 Å². The Morgan fingerprint density at radius 1 is 1.11 bits per heavy atom. The Hall–Kier alpha value is -1.09. The van der Waals surface area contributed by atoms with Gasteiger partial charge in [0.05, 0.1) is 6.10 Å². The van der Waals surface area contributed by atoms with Crippen LogP contribution < -0.4 is 4.74 Å². The maximum Gasteiger partial charge on any atom is 0.200 e. The van der Waals surface area contributed by atoms with E-state index >= 15 is 0 Å². The number of ether oxygens (including phenoxy) is 2. The van der Waals surface area contributed by atoms with Crippen molar-refractivity contribution in [2.75, 3.05) is 0 Å². The van der Waals surface area contributed by atoms with Gasteiger partial charge in [-0.05, 0) is 30.9 Å². The largest absolute Gasteiger partial charge is 0.465 e.